The average Bonchev–Trinajstić information content (AvgIpc) is 3.28. The maximum atomic E-state index is 13.3. The summed E-state index contributed by atoms with van der Waals surface area (Å²) >= 11 is 0. The maximum Gasteiger partial charge on any atom is 0.273 e. The van der Waals surface area contributed by atoms with E-state index in [4.69, 9.17) is 4.11 Å². The van der Waals surface area contributed by atoms with Crippen molar-refractivity contribution in [2.45, 2.75) is 25.3 Å². The standard InChI is InChI=1S/C21H22F2N10O2/c1-9-14-15(31-33(4)30-14)10-5-6-25-18(17(10)32(9)3)26-12-7-13(28-29-16(12)20(35)24-2)27-19(34)11-8-21(11,22)23/h5-7,9,11H,8H2,1-4H3,(H,24,35)(H2,25,26,27,28,34)/t9-,11+/m0/s1/i2D3. The van der Waals surface area contributed by atoms with Crippen LogP contribution >= 0.6 is 0 Å². The Bertz CT molecular complexity index is 1460. The van der Waals surface area contributed by atoms with Crippen LogP contribution in [0.2, 0.25) is 0 Å². The van der Waals surface area contributed by atoms with Gasteiger partial charge in [-0.2, -0.15) is 15.0 Å². The Labute approximate surface area is 202 Å². The minimum atomic E-state index is -3.09. The van der Waals surface area contributed by atoms with E-state index < -0.39 is 42.7 Å². The first-order chi connectivity index (χ1) is 17.7. The lowest BCUT2D eigenvalue weighted by molar-refractivity contribution is -0.119. The van der Waals surface area contributed by atoms with E-state index in [-0.39, 0.29) is 23.4 Å². The van der Waals surface area contributed by atoms with Gasteiger partial charge in [-0.3, -0.25) is 9.59 Å². The highest BCUT2D eigenvalue weighted by Gasteiger charge is 2.61. The molecule has 2 amide bonds. The molecule has 0 aromatic carbocycles. The van der Waals surface area contributed by atoms with Crippen molar-refractivity contribution < 1.29 is 22.5 Å². The third-order valence-electron chi connectivity index (χ3n) is 6.02. The van der Waals surface area contributed by atoms with E-state index >= 15 is 0 Å². The van der Waals surface area contributed by atoms with Gasteiger partial charge in [0.2, 0.25) is 5.91 Å². The topological polar surface area (TPSA) is 143 Å². The first-order valence-corrected chi connectivity index (χ1v) is 10.5. The monoisotopic (exact) mass is 487 g/mol. The number of rotatable bonds is 5. The highest BCUT2D eigenvalue weighted by atomic mass is 19.3. The Morgan fingerprint density at radius 2 is 2.03 bits per heavy atom. The van der Waals surface area contributed by atoms with Gasteiger partial charge in [-0.15, -0.1) is 10.2 Å². The molecule has 4 heterocycles. The van der Waals surface area contributed by atoms with E-state index in [1.807, 2.05) is 24.2 Å². The minimum absolute atomic E-state index is 0.0634. The number of fused-ring (bicyclic) bond motifs is 3. The Hall–Kier alpha value is -4.23. The number of amides is 2. The van der Waals surface area contributed by atoms with Crippen LogP contribution in [0.5, 0.6) is 0 Å². The van der Waals surface area contributed by atoms with Crippen molar-refractivity contribution in [2.24, 2.45) is 13.0 Å². The lowest BCUT2D eigenvalue weighted by atomic mass is 9.99. The van der Waals surface area contributed by atoms with Crippen molar-refractivity contribution in [1.29, 1.82) is 0 Å². The van der Waals surface area contributed by atoms with Crippen LogP contribution in [0.15, 0.2) is 18.3 Å². The number of aryl methyl sites for hydroxylation is 1. The number of aromatic nitrogens is 6. The van der Waals surface area contributed by atoms with Crippen LogP contribution in [0.1, 0.15) is 39.7 Å². The van der Waals surface area contributed by atoms with Gasteiger partial charge < -0.3 is 20.9 Å². The molecule has 3 aromatic heterocycles. The van der Waals surface area contributed by atoms with Crippen molar-refractivity contribution in [2.75, 3.05) is 29.6 Å². The van der Waals surface area contributed by atoms with E-state index in [1.54, 1.807) is 13.1 Å². The summed E-state index contributed by atoms with van der Waals surface area (Å²) in [6, 6.07) is 2.76. The van der Waals surface area contributed by atoms with Gasteiger partial charge in [0.05, 0.1) is 17.4 Å². The van der Waals surface area contributed by atoms with Gasteiger partial charge >= 0.3 is 0 Å². The van der Waals surface area contributed by atoms with E-state index in [1.165, 1.54) is 17.1 Å². The van der Waals surface area contributed by atoms with Crippen molar-refractivity contribution in [1.82, 2.24) is 35.5 Å². The van der Waals surface area contributed by atoms with Gasteiger partial charge in [-0.1, -0.05) is 0 Å². The predicted octanol–water partition coefficient (Wildman–Crippen LogP) is 1.87. The minimum Gasteiger partial charge on any atom is -0.363 e. The molecule has 182 valence electrons. The molecule has 14 heteroatoms. The Balaban J connectivity index is 1.55. The highest BCUT2D eigenvalue weighted by Crippen LogP contribution is 2.49. The highest BCUT2D eigenvalue weighted by molar-refractivity contribution is 6.00. The smallest absolute Gasteiger partial charge is 0.273 e. The molecule has 2 atom stereocenters. The second-order valence-corrected chi connectivity index (χ2v) is 8.34. The van der Waals surface area contributed by atoms with Gasteiger partial charge in [0.15, 0.2) is 17.3 Å². The molecule has 0 radical (unpaired) electrons. The third-order valence-corrected chi connectivity index (χ3v) is 6.02. The van der Waals surface area contributed by atoms with Crippen molar-refractivity contribution >= 4 is 34.8 Å². The van der Waals surface area contributed by atoms with Crippen LogP contribution in [-0.4, -0.2) is 61.9 Å². The molecule has 0 unspecified atom stereocenters. The summed E-state index contributed by atoms with van der Waals surface area (Å²) in [6.45, 7) is -0.888. The third kappa shape index (κ3) is 3.80. The molecule has 5 rings (SSSR count). The molecule has 3 N–H and O–H groups in total. The predicted molar refractivity (Wildman–Crippen MR) is 121 cm³/mol. The number of nitrogens with zero attached hydrogens (tertiary/aromatic N) is 7. The number of anilines is 4. The van der Waals surface area contributed by atoms with Crippen LogP contribution in [0, 0.1) is 5.92 Å². The summed E-state index contributed by atoms with van der Waals surface area (Å²) in [5, 5.41) is 23.5. The number of alkyl halides is 2. The average molecular weight is 487 g/mol. The fraction of sp³-hybridized carbons (Fsp3) is 0.381. The number of hydrogen-bond donors (Lipinski definition) is 3. The Morgan fingerprint density at radius 1 is 1.26 bits per heavy atom. The normalized spacial score (nSPS) is 21.1. The number of carbonyl (C=O) groups is 2. The van der Waals surface area contributed by atoms with Gasteiger partial charge in [-0.25, -0.2) is 13.8 Å². The maximum absolute atomic E-state index is 13.3. The van der Waals surface area contributed by atoms with E-state index in [2.05, 4.69) is 36.0 Å². The lowest BCUT2D eigenvalue weighted by Gasteiger charge is -2.33. The van der Waals surface area contributed by atoms with Gasteiger partial charge in [0, 0.05) is 49.4 Å². The molecule has 0 saturated heterocycles. The summed E-state index contributed by atoms with van der Waals surface area (Å²) in [5.74, 6) is -6.56. The van der Waals surface area contributed by atoms with Crippen LogP contribution in [0.25, 0.3) is 11.3 Å². The fourth-order valence-corrected chi connectivity index (χ4v) is 3.98. The molecule has 12 nitrogen and oxygen atoms in total. The van der Waals surface area contributed by atoms with Crippen LogP contribution in [0.4, 0.5) is 31.8 Å². The summed E-state index contributed by atoms with van der Waals surface area (Å²) < 4.78 is 48.7. The van der Waals surface area contributed by atoms with Gasteiger partial charge in [0.1, 0.15) is 17.3 Å². The summed E-state index contributed by atoms with van der Waals surface area (Å²) in [4.78, 5) is 32.7. The van der Waals surface area contributed by atoms with Crippen molar-refractivity contribution in [3.63, 3.8) is 0 Å². The van der Waals surface area contributed by atoms with E-state index in [9.17, 15) is 18.4 Å². The zero-order valence-corrected chi connectivity index (χ0v) is 18.8. The first kappa shape index (κ1) is 19.1. The quantitative estimate of drug-likeness (QED) is 0.491. The zero-order chi connectivity index (χ0) is 27.6. The number of carbonyl (C=O) groups excluding carboxylic acids is 2. The zero-order valence-electron chi connectivity index (χ0n) is 21.8. The first-order valence-electron chi connectivity index (χ1n) is 12.0. The van der Waals surface area contributed by atoms with Crippen LogP contribution in [0.3, 0.4) is 0 Å². The number of halogens is 2. The van der Waals surface area contributed by atoms with E-state index in [0.717, 1.165) is 5.69 Å². The van der Waals surface area contributed by atoms with Crippen LogP contribution in [-0.2, 0) is 11.8 Å². The summed E-state index contributed by atoms with van der Waals surface area (Å²) in [7, 11) is 3.53. The molecule has 1 fully saturated rings. The fourth-order valence-electron chi connectivity index (χ4n) is 3.98. The SMILES string of the molecule is [2H]C([2H])([2H])NC(=O)c1nnc(NC(=O)[C@H]2CC2(F)F)cc1Nc1nccc2c1N(C)[C@@H](C)c1nn(C)nc1-2. The molecule has 1 aliphatic carbocycles. The Morgan fingerprint density at radius 3 is 2.74 bits per heavy atom. The van der Waals surface area contributed by atoms with Crippen molar-refractivity contribution in [3.05, 3.63) is 29.7 Å². The molecule has 0 bridgehead atoms. The van der Waals surface area contributed by atoms with E-state index in [0.29, 0.717) is 16.9 Å². The Kier molecular flexibility index (Phi) is 4.33. The molecule has 35 heavy (non-hydrogen) atoms. The largest absolute Gasteiger partial charge is 0.363 e. The number of hydrogen-bond acceptors (Lipinski definition) is 9. The van der Waals surface area contributed by atoms with Crippen LogP contribution < -0.4 is 20.9 Å². The molecule has 3 aromatic rings. The van der Waals surface area contributed by atoms with Gasteiger partial charge in [-0.05, 0) is 13.0 Å². The van der Waals surface area contributed by atoms with Crippen molar-refractivity contribution in [3.8, 4) is 11.3 Å². The number of pyridine rings is 1. The molecule has 0 spiro atoms. The molecule has 2 aliphatic rings. The second-order valence-electron chi connectivity index (χ2n) is 8.34. The lowest BCUT2D eigenvalue weighted by Crippen LogP contribution is -2.28. The molecule has 1 aliphatic heterocycles. The summed E-state index contributed by atoms with van der Waals surface area (Å²) in [6.07, 6.45) is 0.934. The molecular formula is C21H22F2N10O2. The molecular weight excluding hydrogens is 462 g/mol. The van der Waals surface area contributed by atoms with Gasteiger partial charge in [0.25, 0.3) is 11.8 Å². The second kappa shape index (κ2) is 7.92. The molecule has 1 saturated carbocycles. The summed E-state index contributed by atoms with van der Waals surface area (Å²) in [5.41, 5.74) is 2.23. The number of nitrogens with one attached hydrogen (secondary N) is 3.